The summed E-state index contributed by atoms with van der Waals surface area (Å²) in [7, 11) is 0. The van der Waals surface area contributed by atoms with Crippen LogP contribution in [0, 0.1) is 0 Å². The summed E-state index contributed by atoms with van der Waals surface area (Å²) in [4.78, 5) is 67.3. The van der Waals surface area contributed by atoms with Gasteiger partial charge in [-0.25, -0.2) is 0 Å². The highest BCUT2D eigenvalue weighted by Gasteiger charge is 2.48. The van der Waals surface area contributed by atoms with Gasteiger partial charge < -0.3 is 67.3 Å². The number of hydrogen-bond acceptors (Lipinski definition) is 14. The molecule has 2 heterocycles. The number of nitrogens with two attached hydrogens (primary N) is 2. The van der Waals surface area contributed by atoms with Crippen LogP contribution in [0.3, 0.4) is 0 Å². The Kier molecular flexibility index (Phi) is 16.2. The second-order valence-electron chi connectivity index (χ2n) is 13.4. The van der Waals surface area contributed by atoms with Gasteiger partial charge in [0.15, 0.2) is 6.29 Å². The summed E-state index contributed by atoms with van der Waals surface area (Å²) in [6, 6.07) is 10.5. The molecular weight excluding hydrogens is 740 g/mol. The van der Waals surface area contributed by atoms with Gasteiger partial charge in [-0.05, 0) is 48.1 Å². The van der Waals surface area contributed by atoms with Gasteiger partial charge in [-0.15, -0.1) is 0 Å². The topological polar surface area (TPSA) is 296 Å². The molecule has 4 rings (SSSR count). The molecule has 12 N–H and O–H groups in total. The van der Waals surface area contributed by atoms with Crippen molar-refractivity contribution < 1.29 is 59.0 Å². The predicted molar refractivity (Wildman–Crippen MR) is 198 cm³/mol. The molecule has 19 heteroatoms. The maximum atomic E-state index is 14.1. The van der Waals surface area contributed by atoms with E-state index in [1.807, 2.05) is 6.26 Å². The fourth-order valence-corrected chi connectivity index (χ4v) is 6.80. The summed E-state index contributed by atoms with van der Waals surface area (Å²) in [5, 5.41) is 57.6. The summed E-state index contributed by atoms with van der Waals surface area (Å²) in [5.74, 6) is -2.98. The smallest absolute Gasteiger partial charge is 0.246 e. The number of likely N-dealkylation sites (tertiary alicyclic amines) is 1. The van der Waals surface area contributed by atoms with E-state index in [4.69, 9.17) is 20.9 Å². The van der Waals surface area contributed by atoms with E-state index in [-0.39, 0.29) is 38.0 Å². The lowest BCUT2D eigenvalue weighted by Crippen LogP contribution is -2.59. The van der Waals surface area contributed by atoms with Crippen molar-refractivity contribution in [3.05, 3.63) is 65.7 Å². The van der Waals surface area contributed by atoms with Crippen LogP contribution >= 0.6 is 11.8 Å². The van der Waals surface area contributed by atoms with Crippen LogP contribution in [0.4, 0.5) is 0 Å². The first kappa shape index (κ1) is 43.4. The lowest BCUT2D eigenvalue weighted by atomic mass is 9.99. The lowest BCUT2D eigenvalue weighted by Gasteiger charge is -2.40. The van der Waals surface area contributed by atoms with Crippen LogP contribution in [0.5, 0.6) is 5.75 Å². The molecule has 0 radical (unpaired) electrons. The highest BCUT2D eigenvalue weighted by Crippen LogP contribution is 2.28. The fraction of sp³-hybridized carbons (Fsp3) is 0.528. The number of amides is 5. The zero-order chi connectivity index (χ0) is 40.2. The number of primary amides is 1. The first-order chi connectivity index (χ1) is 26.2. The molecule has 0 saturated carbocycles. The van der Waals surface area contributed by atoms with E-state index in [9.17, 15) is 49.5 Å². The molecule has 302 valence electrons. The van der Waals surface area contributed by atoms with Crippen LogP contribution in [0.1, 0.15) is 24.0 Å². The second kappa shape index (κ2) is 20.5. The number of thioether (sulfide) groups is 1. The number of hydrogen-bond donors (Lipinski definition) is 10. The van der Waals surface area contributed by atoms with Crippen molar-refractivity contribution in [3.63, 3.8) is 0 Å². The standard InChI is InChI=1S/C36H50N6O12S/c1-55-12-11-24(41-33(50)23(37)13-20-7-9-21(44)10-8-20)34(51)39-16-28(45)40-25(14-19-5-3-2-4-6-19)35(52)42-17-22(15-26(42)32(38)49)53-36-31(48)30(47)29(46)27(18-43)54-36/h2-10,22-27,29-31,36,43-44,46-48H,11-18,37H2,1H3,(H2,38,49)(H,39,51)(H,40,45)(H,41,50)/t22-,23-,24+,25-,26-,27+,29+,30-,31-,36-/m0/s1. The Morgan fingerprint density at radius 2 is 1.60 bits per heavy atom. The summed E-state index contributed by atoms with van der Waals surface area (Å²) in [5.41, 5.74) is 13.1. The zero-order valence-electron chi connectivity index (χ0n) is 30.2. The number of phenols is 1. The van der Waals surface area contributed by atoms with E-state index >= 15 is 0 Å². The van der Waals surface area contributed by atoms with Crippen LogP contribution in [-0.2, 0) is 46.3 Å². The normalized spacial score (nSPS) is 25.3. The summed E-state index contributed by atoms with van der Waals surface area (Å²) < 4.78 is 11.2. The van der Waals surface area contributed by atoms with Crippen molar-refractivity contribution in [1.82, 2.24) is 20.9 Å². The van der Waals surface area contributed by atoms with E-state index in [0.717, 1.165) is 4.90 Å². The molecule has 18 nitrogen and oxygen atoms in total. The van der Waals surface area contributed by atoms with Crippen LogP contribution in [-0.4, -0.2) is 153 Å². The van der Waals surface area contributed by atoms with Crippen LogP contribution in [0.15, 0.2) is 54.6 Å². The largest absolute Gasteiger partial charge is 0.508 e. The van der Waals surface area contributed by atoms with Gasteiger partial charge in [0, 0.05) is 19.4 Å². The summed E-state index contributed by atoms with van der Waals surface area (Å²) in [6.45, 7) is -1.48. The molecule has 5 amide bonds. The Hall–Kier alpha value is -4.34. The van der Waals surface area contributed by atoms with Gasteiger partial charge in [-0.2, -0.15) is 11.8 Å². The quantitative estimate of drug-likeness (QED) is 0.0705. The molecule has 2 fully saturated rings. The number of phenolic OH excluding ortho intramolecular Hbond substituents is 1. The highest BCUT2D eigenvalue weighted by molar-refractivity contribution is 7.98. The SMILES string of the molecule is CSCC[C@@H](NC(=O)[C@@H](N)Cc1ccc(O)cc1)C(=O)NCC(=O)N[C@@H](Cc1ccccc1)C(=O)N1C[C@@H](O[C@H]2O[C@H](CO)[C@@H](O)[C@H](O)[C@@H]2O)C[C@H]1C(N)=O. The van der Waals surface area contributed by atoms with E-state index in [0.29, 0.717) is 16.9 Å². The number of nitrogens with one attached hydrogen (secondary N) is 3. The van der Waals surface area contributed by atoms with Gasteiger partial charge in [0.25, 0.3) is 0 Å². The Labute approximate surface area is 321 Å². The molecule has 55 heavy (non-hydrogen) atoms. The summed E-state index contributed by atoms with van der Waals surface area (Å²) in [6.07, 6.45) is -6.68. The van der Waals surface area contributed by atoms with Crippen LogP contribution < -0.4 is 27.4 Å². The number of ether oxygens (including phenoxy) is 2. The van der Waals surface area contributed by atoms with E-state index in [2.05, 4.69) is 16.0 Å². The van der Waals surface area contributed by atoms with Crippen molar-refractivity contribution in [2.45, 2.75) is 86.7 Å². The molecule has 2 aromatic carbocycles. The Bertz CT molecular complexity index is 1610. The van der Waals surface area contributed by atoms with E-state index in [1.165, 1.54) is 23.9 Å². The van der Waals surface area contributed by atoms with Gasteiger partial charge in [-0.3, -0.25) is 24.0 Å². The molecular formula is C36H50N6O12S. The molecule has 0 spiro atoms. The molecule has 0 bridgehead atoms. The maximum Gasteiger partial charge on any atom is 0.246 e. The number of benzene rings is 2. The monoisotopic (exact) mass is 790 g/mol. The van der Waals surface area contributed by atoms with Gasteiger partial charge in [0.05, 0.1) is 25.3 Å². The number of carbonyl (C=O) groups excluding carboxylic acids is 5. The first-order valence-electron chi connectivity index (χ1n) is 17.7. The predicted octanol–water partition coefficient (Wildman–Crippen LogP) is -3.39. The van der Waals surface area contributed by atoms with Gasteiger partial charge in [-0.1, -0.05) is 42.5 Å². The summed E-state index contributed by atoms with van der Waals surface area (Å²) >= 11 is 1.45. The molecule has 10 atom stereocenters. The fourth-order valence-electron chi connectivity index (χ4n) is 6.33. The Morgan fingerprint density at radius 3 is 2.24 bits per heavy atom. The van der Waals surface area contributed by atoms with Crippen molar-refractivity contribution in [1.29, 1.82) is 0 Å². The van der Waals surface area contributed by atoms with Crippen LogP contribution in [0.25, 0.3) is 0 Å². The number of rotatable bonds is 18. The van der Waals surface area contributed by atoms with Gasteiger partial charge >= 0.3 is 0 Å². The molecule has 0 unspecified atom stereocenters. The van der Waals surface area contributed by atoms with Crippen molar-refractivity contribution in [2.75, 3.05) is 31.7 Å². The van der Waals surface area contributed by atoms with Crippen LogP contribution in [0.2, 0.25) is 0 Å². The molecule has 0 aromatic heterocycles. The molecule has 2 aliphatic rings. The molecule has 2 saturated heterocycles. The lowest BCUT2D eigenvalue weighted by molar-refractivity contribution is -0.310. The van der Waals surface area contributed by atoms with Crippen molar-refractivity contribution in [2.24, 2.45) is 11.5 Å². The van der Waals surface area contributed by atoms with E-state index in [1.54, 1.807) is 42.5 Å². The van der Waals surface area contributed by atoms with Crippen molar-refractivity contribution in [3.8, 4) is 5.75 Å². The van der Waals surface area contributed by atoms with Crippen molar-refractivity contribution >= 4 is 41.3 Å². The molecule has 2 aliphatic heterocycles. The maximum absolute atomic E-state index is 14.1. The zero-order valence-corrected chi connectivity index (χ0v) is 31.0. The minimum Gasteiger partial charge on any atom is -0.508 e. The third-order valence-corrected chi connectivity index (χ3v) is 10.0. The average Bonchev–Trinajstić information content (AvgIpc) is 3.60. The average molecular weight is 791 g/mol. The van der Waals surface area contributed by atoms with Gasteiger partial charge in [0.2, 0.25) is 29.5 Å². The molecule has 0 aliphatic carbocycles. The third kappa shape index (κ3) is 12.1. The number of aromatic hydroxyl groups is 1. The Morgan fingerprint density at radius 1 is 0.927 bits per heavy atom. The van der Waals surface area contributed by atoms with Gasteiger partial charge in [0.1, 0.15) is 48.3 Å². The van der Waals surface area contributed by atoms with E-state index < -0.39 is 104 Å². The third-order valence-electron chi connectivity index (χ3n) is 9.36. The number of aliphatic hydroxyl groups excluding tert-OH is 4. The minimum atomic E-state index is -1.72. The minimum absolute atomic E-state index is 0.00903. The number of aliphatic hydroxyl groups is 4. The number of nitrogens with zero attached hydrogens (tertiary/aromatic N) is 1. The number of carbonyl (C=O) groups is 5. The molecule has 2 aromatic rings. The highest BCUT2D eigenvalue weighted by atomic mass is 32.2. The second-order valence-corrected chi connectivity index (χ2v) is 14.4. The Balaban J connectivity index is 1.42. The first-order valence-corrected chi connectivity index (χ1v) is 19.1.